The molecule has 0 bridgehead atoms. The number of aliphatic hydroxyl groups excluding tert-OH is 1. The molecule has 1 aromatic heterocycles. The fourth-order valence-corrected chi connectivity index (χ4v) is 3.30. The molecule has 2 N–H and O–H groups in total. The summed E-state index contributed by atoms with van der Waals surface area (Å²) in [6, 6.07) is 1.24. The van der Waals surface area contributed by atoms with Gasteiger partial charge in [-0.1, -0.05) is 16.8 Å². The van der Waals surface area contributed by atoms with Crippen molar-refractivity contribution in [2.75, 3.05) is 0 Å². The molecular weight excluding hydrogens is 352 g/mol. The van der Waals surface area contributed by atoms with E-state index in [0.29, 0.717) is 5.89 Å². The van der Waals surface area contributed by atoms with Crippen LogP contribution in [0.5, 0.6) is 11.5 Å². The summed E-state index contributed by atoms with van der Waals surface area (Å²) < 4.78 is 10.6. The predicted molar refractivity (Wildman–Crippen MR) is 83.8 cm³/mol. The minimum Gasteiger partial charge on any atom is -0.507 e. The minimum atomic E-state index is -1.75. The van der Waals surface area contributed by atoms with Gasteiger partial charge < -0.3 is 19.5 Å². The zero-order chi connectivity index (χ0) is 17.9. The second kappa shape index (κ2) is 5.06. The van der Waals surface area contributed by atoms with Crippen LogP contribution in [0.3, 0.4) is 0 Å². The quantitative estimate of drug-likeness (QED) is 0.793. The van der Waals surface area contributed by atoms with E-state index in [9.17, 15) is 19.8 Å². The third kappa shape index (κ3) is 2.07. The minimum absolute atomic E-state index is 0.00326. The summed E-state index contributed by atoms with van der Waals surface area (Å²) in [5.41, 5.74) is -1.68. The summed E-state index contributed by atoms with van der Waals surface area (Å²) in [4.78, 5) is 28.3. The lowest BCUT2D eigenvalue weighted by molar-refractivity contribution is -0.116. The van der Waals surface area contributed by atoms with Crippen LogP contribution in [-0.2, 0) is 4.79 Å². The van der Waals surface area contributed by atoms with E-state index in [1.54, 1.807) is 6.92 Å². The summed E-state index contributed by atoms with van der Waals surface area (Å²) in [7, 11) is 0. The summed E-state index contributed by atoms with van der Waals surface area (Å²) in [5, 5.41) is 24.2. The molecule has 0 unspecified atom stereocenters. The molecule has 128 valence electrons. The number of ether oxygens (including phenoxy) is 1. The highest BCUT2D eigenvalue weighted by Crippen LogP contribution is 2.51. The zero-order valence-electron chi connectivity index (χ0n) is 12.9. The van der Waals surface area contributed by atoms with Crippen LogP contribution in [0.4, 0.5) is 0 Å². The summed E-state index contributed by atoms with van der Waals surface area (Å²) in [5.74, 6) is -1.52. The molecule has 1 aromatic carbocycles. The molecule has 1 spiro atoms. The second-order valence-corrected chi connectivity index (χ2v) is 6.23. The van der Waals surface area contributed by atoms with Crippen LogP contribution < -0.4 is 4.74 Å². The van der Waals surface area contributed by atoms with Crippen molar-refractivity contribution < 1.29 is 29.1 Å². The highest BCUT2D eigenvalue weighted by atomic mass is 35.5. The lowest BCUT2D eigenvalue weighted by Gasteiger charge is -2.28. The number of allylic oxidation sites excluding steroid dienone is 1. The van der Waals surface area contributed by atoms with E-state index in [0.717, 1.165) is 6.08 Å². The van der Waals surface area contributed by atoms with Crippen molar-refractivity contribution in [1.29, 1.82) is 0 Å². The topological polar surface area (TPSA) is 123 Å². The largest absolute Gasteiger partial charge is 0.507 e. The number of fused-ring (bicyclic) bond motifs is 1. The van der Waals surface area contributed by atoms with Gasteiger partial charge in [0.2, 0.25) is 23.1 Å². The smallest absolute Gasteiger partial charge is 0.228 e. The fourth-order valence-electron chi connectivity index (χ4n) is 3.03. The zero-order valence-corrected chi connectivity index (χ0v) is 13.6. The van der Waals surface area contributed by atoms with Crippen LogP contribution in [0.25, 0.3) is 11.4 Å². The van der Waals surface area contributed by atoms with Crippen LogP contribution in [0.15, 0.2) is 22.4 Å². The Balaban J connectivity index is 1.90. The van der Waals surface area contributed by atoms with Gasteiger partial charge in [0.05, 0.1) is 5.02 Å². The molecule has 0 radical (unpaired) electrons. The van der Waals surface area contributed by atoms with Gasteiger partial charge in [-0.2, -0.15) is 4.98 Å². The Morgan fingerprint density at radius 2 is 2.08 bits per heavy atom. The van der Waals surface area contributed by atoms with Gasteiger partial charge >= 0.3 is 0 Å². The van der Waals surface area contributed by atoms with Gasteiger partial charge in [0.25, 0.3) is 0 Å². The Hall–Kier alpha value is -2.87. The van der Waals surface area contributed by atoms with Crippen molar-refractivity contribution in [3.05, 3.63) is 34.4 Å². The average Bonchev–Trinajstić information content (AvgIpc) is 3.11. The Morgan fingerprint density at radius 3 is 2.72 bits per heavy atom. The normalized spacial score (nSPS) is 22.1. The van der Waals surface area contributed by atoms with Crippen molar-refractivity contribution in [1.82, 2.24) is 10.1 Å². The first-order valence-corrected chi connectivity index (χ1v) is 7.75. The number of hydrogen-bond acceptors (Lipinski definition) is 8. The molecule has 2 aliphatic rings. The first kappa shape index (κ1) is 15.6. The number of carbonyl (C=O) groups excluding carboxylic acids is 2. The predicted octanol–water partition coefficient (Wildman–Crippen LogP) is 2.52. The van der Waals surface area contributed by atoms with Crippen LogP contribution in [0.1, 0.15) is 29.1 Å². The molecule has 4 rings (SSSR count). The number of Topliss-reactive ketones (excluding diaryl/α,β-unsaturated/α-hetero) is 1. The number of aromatic nitrogens is 2. The standard InChI is InChI=1S/C16H11ClN2O6/c1-6-18-15(19-25-6)8-5-9(21)11-13(12(8)17)24-16(14(11)23)3-2-7(20)4-10(16)22/h4-5,21-22H,2-3H2,1H3/t16-/m0/s1. The highest BCUT2D eigenvalue weighted by Gasteiger charge is 2.55. The third-order valence-corrected chi connectivity index (χ3v) is 4.65. The SMILES string of the molecule is Cc1nc(-c2cc(O)c3c(c2Cl)O[C@]2(CCC(=O)C=C2O)C3=O)no1. The fraction of sp³-hybridized carbons (Fsp3) is 0.250. The number of phenolic OH excluding ortho intramolecular Hbond substituents is 1. The number of rotatable bonds is 1. The lowest BCUT2D eigenvalue weighted by Crippen LogP contribution is -2.45. The van der Waals surface area contributed by atoms with Gasteiger partial charge in [0.15, 0.2) is 11.5 Å². The highest BCUT2D eigenvalue weighted by molar-refractivity contribution is 6.36. The molecule has 1 atom stereocenters. The number of halogens is 1. The van der Waals surface area contributed by atoms with Gasteiger partial charge in [-0.15, -0.1) is 0 Å². The first-order valence-electron chi connectivity index (χ1n) is 7.37. The summed E-state index contributed by atoms with van der Waals surface area (Å²) >= 11 is 6.34. The Morgan fingerprint density at radius 1 is 1.32 bits per heavy atom. The van der Waals surface area contributed by atoms with Gasteiger partial charge in [0.1, 0.15) is 17.1 Å². The molecule has 1 aliphatic heterocycles. The molecule has 0 fully saturated rings. The molecule has 9 heteroatoms. The number of aliphatic hydroxyl groups is 1. The molecular formula is C16H11ClN2O6. The maximum Gasteiger partial charge on any atom is 0.228 e. The maximum atomic E-state index is 12.8. The molecule has 0 saturated carbocycles. The average molecular weight is 363 g/mol. The molecule has 1 aliphatic carbocycles. The Bertz CT molecular complexity index is 979. The van der Waals surface area contributed by atoms with Gasteiger partial charge in [-0.25, -0.2) is 0 Å². The van der Waals surface area contributed by atoms with Gasteiger partial charge in [-0.05, 0) is 6.07 Å². The van der Waals surface area contributed by atoms with Crippen molar-refractivity contribution in [2.24, 2.45) is 0 Å². The van der Waals surface area contributed by atoms with E-state index in [2.05, 4.69) is 10.1 Å². The summed E-state index contributed by atoms with van der Waals surface area (Å²) in [6.45, 7) is 1.59. The van der Waals surface area contributed by atoms with Crippen molar-refractivity contribution in [2.45, 2.75) is 25.4 Å². The van der Waals surface area contributed by atoms with Crippen molar-refractivity contribution >= 4 is 23.2 Å². The number of ketones is 2. The lowest BCUT2D eigenvalue weighted by atomic mass is 9.83. The molecule has 2 aromatic rings. The van der Waals surface area contributed by atoms with Crippen LogP contribution >= 0.6 is 11.6 Å². The molecule has 2 heterocycles. The van der Waals surface area contributed by atoms with Crippen molar-refractivity contribution in [3.63, 3.8) is 0 Å². The van der Waals surface area contributed by atoms with Crippen LogP contribution in [-0.4, -0.2) is 37.5 Å². The number of nitrogens with zero attached hydrogens (tertiary/aromatic N) is 2. The van der Waals surface area contributed by atoms with E-state index >= 15 is 0 Å². The third-order valence-electron chi connectivity index (χ3n) is 4.27. The number of carbonyl (C=O) groups is 2. The maximum absolute atomic E-state index is 12.8. The second-order valence-electron chi connectivity index (χ2n) is 5.85. The van der Waals surface area contributed by atoms with E-state index < -0.39 is 17.1 Å². The number of benzene rings is 1. The Labute approximate surface area is 145 Å². The number of hydrogen-bond donors (Lipinski definition) is 2. The molecule has 25 heavy (non-hydrogen) atoms. The molecule has 8 nitrogen and oxygen atoms in total. The van der Waals surface area contributed by atoms with Gasteiger partial charge in [0, 0.05) is 31.4 Å². The number of aromatic hydroxyl groups is 1. The number of phenols is 1. The molecule has 0 amide bonds. The van der Waals surface area contributed by atoms with E-state index in [-0.39, 0.29) is 52.1 Å². The van der Waals surface area contributed by atoms with E-state index in [1.807, 2.05) is 0 Å². The van der Waals surface area contributed by atoms with E-state index in [1.165, 1.54) is 6.07 Å². The monoisotopic (exact) mass is 362 g/mol. The summed E-state index contributed by atoms with van der Waals surface area (Å²) in [6.07, 6.45) is 0.939. The van der Waals surface area contributed by atoms with Gasteiger partial charge in [-0.3, -0.25) is 9.59 Å². The first-order chi connectivity index (χ1) is 11.8. The number of aryl methyl sites for hydroxylation is 1. The van der Waals surface area contributed by atoms with E-state index in [4.69, 9.17) is 20.9 Å². The Kier molecular flexibility index (Phi) is 3.17. The molecule has 0 saturated heterocycles. The van der Waals surface area contributed by atoms with Crippen LogP contribution in [0.2, 0.25) is 5.02 Å². The van der Waals surface area contributed by atoms with Crippen molar-refractivity contribution in [3.8, 4) is 22.9 Å². The van der Waals surface area contributed by atoms with Crippen LogP contribution in [0, 0.1) is 6.92 Å².